The predicted octanol–water partition coefficient (Wildman–Crippen LogP) is 6.87. The quantitative estimate of drug-likeness (QED) is 0.103. The number of thioether (sulfide) groups is 1. The molecule has 242 valence electrons. The summed E-state index contributed by atoms with van der Waals surface area (Å²) in [7, 11) is 1.58. The van der Waals surface area contributed by atoms with Crippen molar-refractivity contribution in [2.24, 2.45) is 0 Å². The summed E-state index contributed by atoms with van der Waals surface area (Å²) in [5.41, 5.74) is 2.25. The topological polar surface area (TPSA) is 128 Å². The first-order valence-electron chi connectivity index (χ1n) is 15.0. The van der Waals surface area contributed by atoms with Gasteiger partial charge in [-0.15, -0.1) is 11.8 Å². The number of hydrogen-bond acceptors (Lipinski definition) is 8. The Hall–Kier alpha value is -5.94. The Bertz CT molecular complexity index is 1960. The molecule has 11 heteroatoms. The first-order valence-corrected chi connectivity index (χ1v) is 16.0. The number of rotatable bonds is 11. The largest absolute Gasteiger partial charge is 0.496 e. The summed E-state index contributed by atoms with van der Waals surface area (Å²) in [6, 6.07) is 31.8. The second-order valence-corrected chi connectivity index (χ2v) is 11.5. The molecule has 0 spiro atoms. The minimum absolute atomic E-state index is 0.0148. The van der Waals surface area contributed by atoms with E-state index in [-0.39, 0.29) is 17.4 Å². The molecule has 1 aliphatic heterocycles. The van der Waals surface area contributed by atoms with Crippen molar-refractivity contribution in [3.8, 4) is 28.6 Å². The van der Waals surface area contributed by atoms with Crippen LogP contribution >= 0.6 is 11.8 Å². The third-order valence-corrected chi connectivity index (χ3v) is 8.13. The maximum absolute atomic E-state index is 13.5. The Kier molecular flexibility index (Phi) is 10.1. The number of para-hydroxylation sites is 1. The lowest BCUT2D eigenvalue weighted by molar-refractivity contribution is -0.114. The first-order chi connectivity index (χ1) is 23.4. The zero-order valence-electron chi connectivity index (χ0n) is 25.9. The number of benzene rings is 4. The molecule has 0 aliphatic carbocycles. The fraction of sp³-hybridized carbons (Fsp3) is 0.108. The molecule has 2 heterocycles. The third kappa shape index (κ3) is 8.06. The zero-order valence-corrected chi connectivity index (χ0v) is 26.7. The smallest absolute Gasteiger partial charge is 0.272 e. The highest BCUT2D eigenvalue weighted by Crippen LogP contribution is 2.33. The van der Waals surface area contributed by atoms with Crippen LogP contribution < -0.4 is 30.2 Å². The summed E-state index contributed by atoms with van der Waals surface area (Å²) in [4.78, 5) is 39.9. The number of amides is 3. The van der Waals surface area contributed by atoms with Crippen molar-refractivity contribution in [3.05, 3.63) is 126 Å². The van der Waals surface area contributed by atoms with E-state index >= 15 is 0 Å². The lowest BCUT2D eigenvalue weighted by Gasteiger charge is -2.19. The van der Waals surface area contributed by atoms with Gasteiger partial charge in [-0.2, -0.15) is 0 Å². The number of nitrogens with one attached hydrogen (secondary N) is 3. The summed E-state index contributed by atoms with van der Waals surface area (Å²) >= 11 is 1.35. The molecule has 0 saturated heterocycles. The van der Waals surface area contributed by atoms with Crippen LogP contribution in [0, 0.1) is 0 Å². The van der Waals surface area contributed by atoms with Gasteiger partial charge in [-0.1, -0.05) is 30.3 Å². The lowest BCUT2D eigenvalue weighted by atomic mass is 10.1. The molecule has 4 aromatic carbocycles. The van der Waals surface area contributed by atoms with Crippen molar-refractivity contribution in [2.45, 2.75) is 4.90 Å². The Morgan fingerprint density at radius 2 is 1.52 bits per heavy atom. The number of anilines is 2. The molecule has 3 amide bonds. The summed E-state index contributed by atoms with van der Waals surface area (Å²) in [6.07, 6.45) is 1.47. The number of carbonyl (C=O) groups is 3. The molecule has 0 unspecified atom stereocenters. The van der Waals surface area contributed by atoms with Gasteiger partial charge in [0.05, 0.1) is 18.4 Å². The summed E-state index contributed by atoms with van der Waals surface area (Å²) in [5, 5.41) is 8.42. The van der Waals surface area contributed by atoms with Gasteiger partial charge >= 0.3 is 0 Å². The molecule has 1 aliphatic rings. The second-order valence-electron chi connectivity index (χ2n) is 10.5. The maximum atomic E-state index is 13.5. The number of carbonyl (C=O) groups excluding carboxylic acids is 3. The molecule has 0 atom stereocenters. The van der Waals surface area contributed by atoms with Crippen molar-refractivity contribution < 1.29 is 33.0 Å². The Morgan fingerprint density at radius 1 is 0.792 bits per heavy atom. The van der Waals surface area contributed by atoms with Crippen LogP contribution in [0.3, 0.4) is 0 Å². The first kappa shape index (κ1) is 32.0. The molecule has 10 nitrogen and oxygen atoms in total. The predicted molar refractivity (Wildman–Crippen MR) is 184 cm³/mol. The van der Waals surface area contributed by atoms with Gasteiger partial charge in [0.1, 0.15) is 36.2 Å². The summed E-state index contributed by atoms with van der Waals surface area (Å²) in [5.74, 6) is 1.80. The molecule has 3 N–H and O–H groups in total. The lowest BCUT2D eigenvalue weighted by Crippen LogP contribution is -2.30. The number of fused-ring (bicyclic) bond motifs is 1. The monoisotopic (exact) mass is 661 g/mol. The summed E-state index contributed by atoms with van der Waals surface area (Å²) in [6.45, 7) is 0.962. The SMILES string of the molecule is COc1ccccc1-c1ccc(C=C(NC(=O)c2ccccc2)C(=O)Nc2ccc(SCC(=O)Nc3ccc4c(c3)OCCO4)cc2)o1. The highest BCUT2D eigenvalue weighted by atomic mass is 32.2. The van der Waals surface area contributed by atoms with Crippen LogP contribution in [0.5, 0.6) is 17.2 Å². The minimum Gasteiger partial charge on any atom is -0.496 e. The normalized spacial score (nSPS) is 12.1. The van der Waals surface area contributed by atoms with Crippen LogP contribution in [-0.4, -0.2) is 43.8 Å². The van der Waals surface area contributed by atoms with Crippen LogP contribution in [0.1, 0.15) is 16.1 Å². The number of hydrogen-bond donors (Lipinski definition) is 3. The van der Waals surface area contributed by atoms with Crippen LogP contribution in [0.4, 0.5) is 11.4 Å². The van der Waals surface area contributed by atoms with E-state index in [1.165, 1.54) is 17.8 Å². The van der Waals surface area contributed by atoms with Crippen LogP contribution in [-0.2, 0) is 9.59 Å². The highest BCUT2D eigenvalue weighted by Gasteiger charge is 2.18. The van der Waals surface area contributed by atoms with Crippen LogP contribution in [0.15, 0.2) is 124 Å². The van der Waals surface area contributed by atoms with E-state index in [0.717, 1.165) is 10.5 Å². The third-order valence-electron chi connectivity index (χ3n) is 7.12. The standard InChI is InChI=1S/C37H31N3O7S/c1-44-31-10-6-5-9-29(31)32-18-14-27(47-32)22-30(40-36(42)24-7-3-2-4-8-24)37(43)39-25-11-15-28(16-12-25)48-23-35(41)38-26-13-17-33-34(21-26)46-20-19-45-33/h2-18,21-22H,19-20,23H2,1H3,(H,38,41)(H,39,43)(H,40,42). The van der Waals surface area contributed by atoms with Gasteiger partial charge in [0.25, 0.3) is 11.8 Å². The van der Waals surface area contributed by atoms with Gasteiger partial charge in [-0.25, -0.2) is 0 Å². The number of furan rings is 1. The molecule has 0 bridgehead atoms. The van der Waals surface area contributed by atoms with Crippen LogP contribution in [0.2, 0.25) is 0 Å². The zero-order chi connectivity index (χ0) is 33.3. The second kappa shape index (κ2) is 15.1. The molecular weight excluding hydrogens is 630 g/mol. The van der Waals surface area contributed by atoms with E-state index in [1.807, 2.05) is 24.3 Å². The van der Waals surface area contributed by atoms with Gasteiger partial charge in [-0.05, 0) is 72.8 Å². The molecule has 0 radical (unpaired) electrons. The Morgan fingerprint density at radius 3 is 2.31 bits per heavy atom. The fourth-order valence-corrected chi connectivity index (χ4v) is 5.51. The molecule has 0 saturated carbocycles. The average Bonchev–Trinajstić information content (AvgIpc) is 3.59. The molecule has 5 aromatic rings. The number of methoxy groups -OCH3 is 1. The van der Waals surface area contributed by atoms with Gasteiger partial charge in [0, 0.05) is 34.0 Å². The molecule has 48 heavy (non-hydrogen) atoms. The van der Waals surface area contributed by atoms with Crippen molar-refractivity contribution in [1.82, 2.24) is 5.32 Å². The van der Waals surface area contributed by atoms with E-state index in [0.29, 0.717) is 58.9 Å². The Balaban J connectivity index is 1.11. The average molecular weight is 662 g/mol. The van der Waals surface area contributed by atoms with Gasteiger partial charge in [0.2, 0.25) is 5.91 Å². The van der Waals surface area contributed by atoms with E-state index in [9.17, 15) is 14.4 Å². The van der Waals surface area contributed by atoms with Crippen molar-refractivity contribution in [1.29, 1.82) is 0 Å². The molecule has 1 aromatic heterocycles. The Labute approximate surface area is 281 Å². The van der Waals surface area contributed by atoms with Gasteiger partial charge in [0.15, 0.2) is 11.5 Å². The maximum Gasteiger partial charge on any atom is 0.272 e. The van der Waals surface area contributed by atoms with E-state index in [2.05, 4.69) is 16.0 Å². The molecule has 0 fully saturated rings. The van der Waals surface area contributed by atoms with Crippen LogP contribution in [0.25, 0.3) is 17.4 Å². The fourth-order valence-electron chi connectivity index (χ4n) is 4.81. The highest BCUT2D eigenvalue weighted by molar-refractivity contribution is 8.00. The van der Waals surface area contributed by atoms with E-state index in [1.54, 1.807) is 92.0 Å². The molecular formula is C37H31N3O7S. The van der Waals surface area contributed by atoms with Crippen molar-refractivity contribution in [3.63, 3.8) is 0 Å². The van der Waals surface area contributed by atoms with Gasteiger partial charge in [-0.3, -0.25) is 14.4 Å². The van der Waals surface area contributed by atoms with Crippen molar-refractivity contribution >= 4 is 46.9 Å². The van der Waals surface area contributed by atoms with Crippen molar-refractivity contribution in [2.75, 3.05) is 36.7 Å². The number of ether oxygens (including phenoxy) is 3. The molecule has 6 rings (SSSR count). The van der Waals surface area contributed by atoms with E-state index in [4.69, 9.17) is 18.6 Å². The summed E-state index contributed by atoms with van der Waals surface area (Å²) < 4.78 is 22.6. The minimum atomic E-state index is -0.547. The van der Waals surface area contributed by atoms with Gasteiger partial charge < -0.3 is 34.6 Å². The van der Waals surface area contributed by atoms with E-state index < -0.39 is 11.8 Å².